The van der Waals surface area contributed by atoms with E-state index in [0.29, 0.717) is 0 Å². The SMILES string of the molecule is Cc1ccc(/C=N/NC(=O)C2CCCC2)cc1. The average Bonchev–Trinajstić information content (AvgIpc) is 2.85. The highest BCUT2D eigenvalue weighted by atomic mass is 16.2. The standard InChI is InChI=1S/C14H18N2O/c1-11-6-8-12(9-7-11)10-15-16-14(17)13-4-2-3-5-13/h6-10,13H,2-5H2,1H3,(H,16,17)/b15-10+. The van der Waals surface area contributed by atoms with Gasteiger partial charge in [0.25, 0.3) is 0 Å². The fourth-order valence-corrected chi connectivity index (χ4v) is 2.10. The normalized spacial score (nSPS) is 16.5. The Bertz CT molecular complexity index is 403. The number of amides is 1. The molecule has 0 unspecified atom stereocenters. The van der Waals surface area contributed by atoms with Gasteiger partial charge >= 0.3 is 0 Å². The molecule has 1 aliphatic carbocycles. The summed E-state index contributed by atoms with van der Waals surface area (Å²) in [4.78, 5) is 11.7. The summed E-state index contributed by atoms with van der Waals surface area (Å²) in [7, 11) is 0. The molecule has 3 heteroatoms. The van der Waals surface area contributed by atoms with Crippen molar-refractivity contribution in [2.45, 2.75) is 32.6 Å². The van der Waals surface area contributed by atoms with Crippen molar-refractivity contribution in [3.63, 3.8) is 0 Å². The van der Waals surface area contributed by atoms with Crippen molar-refractivity contribution < 1.29 is 4.79 Å². The minimum atomic E-state index is 0.0610. The molecule has 0 atom stereocenters. The Labute approximate surface area is 102 Å². The van der Waals surface area contributed by atoms with Crippen molar-refractivity contribution in [3.05, 3.63) is 35.4 Å². The predicted octanol–water partition coefficient (Wildman–Crippen LogP) is 2.64. The molecule has 2 rings (SSSR count). The van der Waals surface area contributed by atoms with Gasteiger partial charge in [-0.3, -0.25) is 4.79 Å². The fraction of sp³-hybridized carbons (Fsp3) is 0.429. The monoisotopic (exact) mass is 230 g/mol. The van der Waals surface area contributed by atoms with E-state index in [2.05, 4.69) is 10.5 Å². The summed E-state index contributed by atoms with van der Waals surface area (Å²) in [5.41, 5.74) is 4.84. The summed E-state index contributed by atoms with van der Waals surface area (Å²) >= 11 is 0. The number of hydrazone groups is 1. The Hall–Kier alpha value is -1.64. The van der Waals surface area contributed by atoms with Crippen LogP contribution in [0, 0.1) is 12.8 Å². The van der Waals surface area contributed by atoms with Crippen molar-refractivity contribution in [3.8, 4) is 0 Å². The van der Waals surface area contributed by atoms with Gasteiger partial charge in [-0.15, -0.1) is 0 Å². The number of rotatable bonds is 3. The van der Waals surface area contributed by atoms with Gasteiger partial charge in [0.2, 0.25) is 5.91 Å². The van der Waals surface area contributed by atoms with E-state index in [1.807, 2.05) is 31.2 Å². The van der Waals surface area contributed by atoms with Gasteiger partial charge in [0, 0.05) is 5.92 Å². The van der Waals surface area contributed by atoms with Crippen LogP contribution in [0.4, 0.5) is 0 Å². The highest BCUT2D eigenvalue weighted by Crippen LogP contribution is 2.24. The summed E-state index contributed by atoms with van der Waals surface area (Å²) in [5, 5.41) is 3.99. The maximum atomic E-state index is 11.7. The van der Waals surface area contributed by atoms with E-state index in [1.165, 1.54) is 18.4 Å². The van der Waals surface area contributed by atoms with Gasteiger partial charge < -0.3 is 0 Å². The highest BCUT2D eigenvalue weighted by molar-refractivity contribution is 5.83. The first kappa shape index (κ1) is 11.8. The number of nitrogens with zero attached hydrogens (tertiary/aromatic N) is 1. The van der Waals surface area contributed by atoms with Crippen molar-refractivity contribution in [1.82, 2.24) is 5.43 Å². The second-order valence-corrected chi connectivity index (χ2v) is 4.63. The number of carbonyl (C=O) groups excluding carboxylic acids is 1. The molecule has 1 aliphatic rings. The predicted molar refractivity (Wildman–Crippen MR) is 68.9 cm³/mol. The Balaban J connectivity index is 1.84. The van der Waals surface area contributed by atoms with Crippen LogP contribution in [0.25, 0.3) is 0 Å². The van der Waals surface area contributed by atoms with Crippen molar-refractivity contribution in [1.29, 1.82) is 0 Å². The molecule has 1 aromatic rings. The summed E-state index contributed by atoms with van der Waals surface area (Å²) < 4.78 is 0. The molecule has 1 N–H and O–H groups in total. The van der Waals surface area contributed by atoms with Crippen LogP contribution in [0.2, 0.25) is 0 Å². The molecule has 17 heavy (non-hydrogen) atoms. The van der Waals surface area contributed by atoms with E-state index in [-0.39, 0.29) is 11.8 Å². The molecular formula is C14H18N2O. The molecule has 0 spiro atoms. The summed E-state index contributed by atoms with van der Waals surface area (Å²) in [6, 6.07) is 8.03. The molecule has 0 aliphatic heterocycles. The van der Waals surface area contributed by atoms with Crippen LogP contribution >= 0.6 is 0 Å². The minimum Gasteiger partial charge on any atom is -0.273 e. The Morgan fingerprint density at radius 3 is 2.59 bits per heavy atom. The first-order valence-electron chi connectivity index (χ1n) is 6.15. The molecule has 0 aromatic heterocycles. The quantitative estimate of drug-likeness (QED) is 0.629. The van der Waals surface area contributed by atoms with Gasteiger partial charge in [0.05, 0.1) is 6.21 Å². The van der Waals surface area contributed by atoms with Crippen LogP contribution in [-0.2, 0) is 4.79 Å². The van der Waals surface area contributed by atoms with Crippen LogP contribution < -0.4 is 5.43 Å². The van der Waals surface area contributed by atoms with Crippen LogP contribution in [0.3, 0.4) is 0 Å². The van der Waals surface area contributed by atoms with Crippen LogP contribution in [0.1, 0.15) is 36.8 Å². The lowest BCUT2D eigenvalue weighted by Crippen LogP contribution is -2.24. The summed E-state index contributed by atoms with van der Waals surface area (Å²) in [6.07, 6.45) is 6.03. The van der Waals surface area contributed by atoms with Crippen LogP contribution in [0.5, 0.6) is 0 Å². The second-order valence-electron chi connectivity index (χ2n) is 4.63. The van der Waals surface area contributed by atoms with E-state index < -0.39 is 0 Å². The van der Waals surface area contributed by atoms with E-state index in [0.717, 1.165) is 18.4 Å². The smallest absolute Gasteiger partial charge is 0.243 e. The third-order valence-electron chi connectivity index (χ3n) is 3.19. The second kappa shape index (κ2) is 5.62. The minimum absolute atomic E-state index is 0.0610. The molecule has 1 amide bonds. The Kier molecular flexibility index (Phi) is 3.91. The van der Waals surface area contributed by atoms with Gasteiger partial charge in [-0.1, -0.05) is 42.7 Å². The molecule has 1 saturated carbocycles. The van der Waals surface area contributed by atoms with Crippen molar-refractivity contribution in [2.75, 3.05) is 0 Å². The zero-order valence-corrected chi connectivity index (χ0v) is 10.1. The number of hydrogen-bond acceptors (Lipinski definition) is 2. The van der Waals surface area contributed by atoms with E-state index in [4.69, 9.17) is 0 Å². The molecule has 90 valence electrons. The average molecular weight is 230 g/mol. The molecule has 0 heterocycles. The largest absolute Gasteiger partial charge is 0.273 e. The maximum absolute atomic E-state index is 11.7. The lowest BCUT2D eigenvalue weighted by Gasteiger charge is -2.05. The van der Waals surface area contributed by atoms with Gasteiger partial charge in [-0.25, -0.2) is 5.43 Å². The zero-order valence-electron chi connectivity index (χ0n) is 10.1. The third kappa shape index (κ3) is 3.41. The lowest BCUT2D eigenvalue weighted by molar-refractivity contribution is -0.124. The lowest BCUT2D eigenvalue weighted by atomic mass is 10.1. The van der Waals surface area contributed by atoms with E-state index >= 15 is 0 Å². The molecule has 1 fully saturated rings. The Morgan fingerprint density at radius 1 is 1.29 bits per heavy atom. The summed E-state index contributed by atoms with van der Waals surface area (Å²) in [6.45, 7) is 2.04. The molecule has 0 radical (unpaired) electrons. The van der Waals surface area contributed by atoms with Crippen molar-refractivity contribution >= 4 is 12.1 Å². The number of hydrogen-bond donors (Lipinski definition) is 1. The Morgan fingerprint density at radius 2 is 1.94 bits per heavy atom. The van der Waals surface area contributed by atoms with Crippen LogP contribution in [-0.4, -0.2) is 12.1 Å². The maximum Gasteiger partial charge on any atom is 0.243 e. The first-order valence-corrected chi connectivity index (χ1v) is 6.15. The summed E-state index contributed by atoms with van der Waals surface area (Å²) in [5.74, 6) is 0.232. The topological polar surface area (TPSA) is 41.5 Å². The van der Waals surface area contributed by atoms with Gasteiger partial charge in [-0.2, -0.15) is 5.10 Å². The van der Waals surface area contributed by atoms with Crippen LogP contribution in [0.15, 0.2) is 29.4 Å². The highest BCUT2D eigenvalue weighted by Gasteiger charge is 2.21. The van der Waals surface area contributed by atoms with Gasteiger partial charge in [0.15, 0.2) is 0 Å². The number of aryl methyl sites for hydroxylation is 1. The van der Waals surface area contributed by atoms with E-state index in [9.17, 15) is 4.79 Å². The van der Waals surface area contributed by atoms with Gasteiger partial charge in [-0.05, 0) is 25.3 Å². The van der Waals surface area contributed by atoms with E-state index in [1.54, 1.807) is 6.21 Å². The fourth-order valence-electron chi connectivity index (χ4n) is 2.10. The zero-order chi connectivity index (χ0) is 12.1. The molecular weight excluding hydrogens is 212 g/mol. The van der Waals surface area contributed by atoms with Gasteiger partial charge in [0.1, 0.15) is 0 Å². The molecule has 0 bridgehead atoms. The molecule has 0 saturated heterocycles. The van der Waals surface area contributed by atoms with Crippen molar-refractivity contribution in [2.24, 2.45) is 11.0 Å². The number of carbonyl (C=O) groups is 1. The first-order chi connectivity index (χ1) is 8.25. The third-order valence-corrected chi connectivity index (χ3v) is 3.19. The molecule has 3 nitrogen and oxygen atoms in total. The molecule has 1 aromatic carbocycles. The number of nitrogens with one attached hydrogen (secondary N) is 1. The number of benzene rings is 1.